The third-order valence-electron chi connectivity index (χ3n) is 1.94. The quantitative estimate of drug-likeness (QED) is 0.346. The van der Waals surface area contributed by atoms with Gasteiger partial charge < -0.3 is 13.3 Å². The van der Waals surface area contributed by atoms with Crippen LogP contribution in [0.25, 0.3) is 0 Å². The molecular weight excluding hydrogens is 312 g/mol. The monoisotopic (exact) mass is 332 g/mol. The van der Waals surface area contributed by atoms with Gasteiger partial charge in [-0.1, -0.05) is 27.5 Å². The maximum Gasteiger partial charge on any atom is 0.502 e. The molecule has 1 atom stereocenters. The highest BCUT2D eigenvalue weighted by atomic mass is 79.9. The van der Waals surface area contributed by atoms with E-state index in [4.69, 9.17) is 24.9 Å². The van der Waals surface area contributed by atoms with Gasteiger partial charge in [0.05, 0.1) is 0 Å². The molecular formula is C10H22BrClO3Si. The van der Waals surface area contributed by atoms with Crippen molar-refractivity contribution < 1.29 is 13.3 Å². The van der Waals surface area contributed by atoms with Crippen molar-refractivity contribution in [2.45, 2.75) is 45.2 Å². The van der Waals surface area contributed by atoms with Crippen LogP contribution >= 0.6 is 27.5 Å². The fraction of sp³-hybridized carbons (Fsp3) is 1.00. The Labute approximate surface area is 113 Å². The van der Waals surface area contributed by atoms with E-state index in [2.05, 4.69) is 15.9 Å². The van der Waals surface area contributed by atoms with Gasteiger partial charge in [-0.05, 0) is 33.6 Å². The molecule has 0 aromatic heterocycles. The predicted molar refractivity (Wildman–Crippen MR) is 73.2 cm³/mol. The number of hydrogen-bond acceptors (Lipinski definition) is 3. The van der Waals surface area contributed by atoms with Crippen molar-refractivity contribution in [3.05, 3.63) is 0 Å². The third kappa shape index (κ3) is 7.24. The van der Waals surface area contributed by atoms with Crippen molar-refractivity contribution in [1.82, 2.24) is 0 Å². The molecule has 0 fully saturated rings. The minimum absolute atomic E-state index is 0.367. The van der Waals surface area contributed by atoms with Crippen molar-refractivity contribution in [2.75, 3.05) is 18.5 Å². The summed E-state index contributed by atoms with van der Waals surface area (Å²) in [4.78, 5) is 0. The van der Waals surface area contributed by atoms with Crippen LogP contribution < -0.4 is 0 Å². The number of alkyl halides is 2. The molecule has 1 unspecified atom stereocenters. The highest BCUT2D eigenvalue weighted by Gasteiger charge is 2.41. The molecule has 6 heteroatoms. The fourth-order valence-corrected chi connectivity index (χ4v) is 4.92. The van der Waals surface area contributed by atoms with E-state index in [9.17, 15) is 0 Å². The van der Waals surface area contributed by atoms with Gasteiger partial charge in [-0.2, -0.15) is 0 Å². The maximum atomic E-state index is 5.89. The molecule has 98 valence electrons. The minimum atomic E-state index is -2.55. The van der Waals surface area contributed by atoms with Gasteiger partial charge >= 0.3 is 8.80 Å². The predicted octanol–water partition coefficient (Wildman–Crippen LogP) is 3.77. The van der Waals surface area contributed by atoms with Crippen LogP contribution in [0.3, 0.4) is 0 Å². The average Bonchev–Trinajstić information content (AvgIpc) is 2.17. The first-order chi connectivity index (χ1) is 7.60. The molecule has 0 heterocycles. The lowest BCUT2D eigenvalue weighted by molar-refractivity contribution is 0.0604. The van der Waals surface area contributed by atoms with Crippen molar-refractivity contribution >= 4 is 36.3 Å². The van der Waals surface area contributed by atoms with Crippen LogP contribution in [0.2, 0.25) is 6.04 Å². The Morgan fingerprint density at radius 2 is 1.75 bits per heavy atom. The maximum absolute atomic E-state index is 5.89. The van der Waals surface area contributed by atoms with E-state index in [1.165, 1.54) is 0 Å². The Bertz CT molecular complexity index is 166. The van der Waals surface area contributed by atoms with Crippen LogP contribution in [-0.4, -0.2) is 32.9 Å². The van der Waals surface area contributed by atoms with E-state index < -0.39 is 8.80 Å². The lowest BCUT2D eigenvalue weighted by Crippen LogP contribution is -2.47. The molecule has 16 heavy (non-hydrogen) atoms. The summed E-state index contributed by atoms with van der Waals surface area (Å²) in [6.45, 7) is 6.90. The van der Waals surface area contributed by atoms with Crippen molar-refractivity contribution in [3.8, 4) is 0 Å². The Balaban J connectivity index is 4.37. The first-order valence-electron chi connectivity index (χ1n) is 5.76. The number of halogens is 2. The van der Waals surface area contributed by atoms with Crippen LogP contribution in [-0.2, 0) is 13.3 Å². The topological polar surface area (TPSA) is 27.7 Å². The SMILES string of the molecule is CCO[Si](CCCCBr)(OCC)OC(C)Cl. The van der Waals surface area contributed by atoms with Gasteiger partial charge in [-0.25, -0.2) is 0 Å². The second-order valence-corrected chi connectivity index (χ2v) is 7.44. The second kappa shape index (κ2) is 9.85. The molecule has 3 nitrogen and oxygen atoms in total. The molecule has 0 radical (unpaired) electrons. The van der Waals surface area contributed by atoms with Gasteiger partial charge in [-0.3, -0.25) is 0 Å². The first kappa shape index (κ1) is 16.9. The number of unbranched alkanes of at least 4 members (excludes halogenated alkanes) is 1. The molecule has 0 N–H and O–H groups in total. The van der Waals surface area contributed by atoms with Crippen LogP contribution in [0, 0.1) is 0 Å². The smallest absolute Gasteiger partial charge is 0.374 e. The van der Waals surface area contributed by atoms with E-state index in [1.807, 2.05) is 13.8 Å². The van der Waals surface area contributed by atoms with Gasteiger partial charge in [0, 0.05) is 24.6 Å². The molecule has 0 amide bonds. The highest BCUT2D eigenvalue weighted by Crippen LogP contribution is 2.22. The van der Waals surface area contributed by atoms with E-state index in [-0.39, 0.29) is 5.56 Å². The zero-order valence-corrected chi connectivity index (χ0v) is 13.6. The molecule has 0 spiro atoms. The fourth-order valence-electron chi connectivity index (χ4n) is 1.44. The van der Waals surface area contributed by atoms with Crippen molar-refractivity contribution in [2.24, 2.45) is 0 Å². The molecule has 0 aromatic rings. The van der Waals surface area contributed by atoms with E-state index >= 15 is 0 Å². The molecule has 0 saturated heterocycles. The van der Waals surface area contributed by atoms with Gasteiger partial charge in [0.1, 0.15) is 5.56 Å². The molecule has 0 aliphatic carbocycles. The second-order valence-electron chi connectivity index (χ2n) is 3.36. The van der Waals surface area contributed by atoms with Crippen molar-refractivity contribution in [1.29, 1.82) is 0 Å². The summed E-state index contributed by atoms with van der Waals surface area (Å²) in [6, 6.07) is 0.831. The number of hydrogen-bond donors (Lipinski definition) is 0. The minimum Gasteiger partial charge on any atom is -0.374 e. The Hall–Kier alpha value is 0.867. The Morgan fingerprint density at radius 1 is 1.19 bits per heavy atom. The number of rotatable bonds is 10. The normalized spacial score (nSPS) is 14.1. The molecule has 0 aliphatic rings. The molecule has 0 aliphatic heterocycles. The van der Waals surface area contributed by atoms with Crippen LogP contribution in [0.1, 0.15) is 33.6 Å². The summed E-state index contributed by atoms with van der Waals surface area (Å²) in [5.74, 6) is 0. The standard InChI is InChI=1S/C10H22BrClO3Si/c1-4-13-16(14-5-2,15-10(3)12)9-7-6-8-11/h10H,4-9H2,1-3H3. The summed E-state index contributed by atoms with van der Waals surface area (Å²) >= 11 is 9.30. The van der Waals surface area contributed by atoms with Gasteiger partial charge in [0.25, 0.3) is 0 Å². The highest BCUT2D eigenvalue weighted by molar-refractivity contribution is 9.09. The van der Waals surface area contributed by atoms with E-state index in [1.54, 1.807) is 6.92 Å². The van der Waals surface area contributed by atoms with Crippen LogP contribution in [0.5, 0.6) is 0 Å². The average molecular weight is 334 g/mol. The molecule has 0 aromatic carbocycles. The van der Waals surface area contributed by atoms with Crippen LogP contribution in [0.4, 0.5) is 0 Å². The zero-order chi connectivity index (χ0) is 12.4. The summed E-state index contributed by atoms with van der Waals surface area (Å²) < 4.78 is 17.2. The van der Waals surface area contributed by atoms with Gasteiger partial charge in [0.15, 0.2) is 0 Å². The van der Waals surface area contributed by atoms with E-state index in [0.29, 0.717) is 13.2 Å². The Morgan fingerprint density at radius 3 is 2.12 bits per heavy atom. The van der Waals surface area contributed by atoms with Gasteiger partial charge in [0.2, 0.25) is 0 Å². The summed E-state index contributed by atoms with van der Waals surface area (Å²) in [7, 11) is -2.55. The largest absolute Gasteiger partial charge is 0.502 e. The lowest BCUT2D eigenvalue weighted by Gasteiger charge is -2.29. The van der Waals surface area contributed by atoms with Crippen LogP contribution in [0.15, 0.2) is 0 Å². The molecule has 0 saturated carbocycles. The lowest BCUT2D eigenvalue weighted by atomic mass is 10.4. The summed E-state index contributed by atoms with van der Waals surface area (Å²) in [5.41, 5.74) is -0.367. The molecule has 0 bridgehead atoms. The zero-order valence-electron chi connectivity index (χ0n) is 10.3. The summed E-state index contributed by atoms with van der Waals surface area (Å²) in [6.07, 6.45) is 2.12. The van der Waals surface area contributed by atoms with Crippen molar-refractivity contribution in [3.63, 3.8) is 0 Å². The third-order valence-corrected chi connectivity index (χ3v) is 5.87. The van der Waals surface area contributed by atoms with E-state index in [0.717, 1.165) is 24.2 Å². The summed E-state index contributed by atoms with van der Waals surface area (Å²) in [5, 5.41) is 0.992. The molecule has 0 rings (SSSR count). The first-order valence-corrected chi connectivity index (χ1v) is 9.25. The van der Waals surface area contributed by atoms with Gasteiger partial charge in [-0.15, -0.1) is 0 Å². The Kier molecular flexibility index (Phi) is 10.4.